The molecule has 0 bridgehead atoms. The van der Waals surface area contributed by atoms with Crippen LogP contribution in [0.3, 0.4) is 0 Å². The van der Waals surface area contributed by atoms with E-state index < -0.39 is 5.92 Å². The Bertz CT molecular complexity index is 665. The van der Waals surface area contributed by atoms with E-state index in [2.05, 4.69) is 5.32 Å². The van der Waals surface area contributed by atoms with E-state index in [0.29, 0.717) is 31.0 Å². The molecule has 1 heterocycles. The molecule has 1 saturated heterocycles. The zero-order chi connectivity index (χ0) is 18.4. The van der Waals surface area contributed by atoms with E-state index in [1.165, 1.54) is 4.90 Å². The fourth-order valence-corrected chi connectivity index (χ4v) is 2.71. The molecule has 5 nitrogen and oxygen atoms in total. The number of imide groups is 1. The average Bonchev–Trinajstić information content (AvgIpc) is 2.85. The molecule has 1 aromatic carbocycles. The Kier molecular flexibility index (Phi) is 6.51. The number of likely N-dealkylation sites (tertiary alicyclic amines) is 1. The fraction of sp³-hybridized carbons (Fsp3) is 0.450. The molecule has 5 heteroatoms. The second-order valence-corrected chi connectivity index (χ2v) is 6.88. The quantitative estimate of drug-likeness (QED) is 0.611. The number of nitrogens with one attached hydrogen (secondary N) is 1. The van der Waals surface area contributed by atoms with Gasteiger partial charge in [-0.25, -0.2) is 0 Å². The standard InChI is InChI=1S/C20H26N2O3/c1-14(2)13-21-19(24)15(3)11-17-12-18(23)22(20(17)25)10-9-16-7-5-4-6-8-16/h4-8,11,14-15H,9-10,12-13H2,1-3H3,(H,21,24)/b17-11+. The predicted octanol–water partition coefficient (Wildman–Crippen LogP) is 2.32. The molecule has 3 amide bonds. The van der Waals surface area contributed by atoms with E-state index in [4.69, 9.17) is 0 Å². The van der Waals surface area contributed by atoms with Crippen LogP contribution in [0, 0.1) is 11.8 Å². The minimum Gasteiger partial charge on any atom is -0.355 e. The van der Waals surface area contributed by atoms with Crippen molar-refractivity contribution in [1.82, 2.24) is 10.2 Å². The molecule has 1 fully saturated rings. The Morgan fingerprint density at radius 1 is 1.20 bits per heavy atom. The first kappa shape index (κ1) is 18.9. The number of amides is 3. The van der Waals surface area contributed by atoms with E-state index in [1.54, 1.807) is 13.0 Å². The summed E-state index contributed by atoms with van der Waals surface area (Å²) >= 11 is 0. The molecule has 0 spiro atoms. The van der Waals surface area contributed by atoms with Gasteiger partial charge in [-0.3, -0.25) is 19.3 Å². The second-order valence-electron chi connectivity index (χ2n) is 6.88. The number of carbonyl (C=O) groups excluding carboxylic acids is 3. The summed E-state index contributed by atoms with van der Waals surface area (Å²) in [5.74, 6) is -0.651. The molecule has 2 rings (SSSR count). The molecule has 0 radical (unpaired) electrons. The van der Waals surface area contributed by atoms with Crippen molar-refractivity contribution >= 4 is 17.7 Å². The monoisotopic (exact) mass is 342 g/mol. The number of benzene rings is 1. The minimum absolute atomic E-state index is 0.0788. The summed E-state index contributed by atoms with van der Waals surface area (Å²) < 4.78 is 0. The maximum absolute atomic E-state index is 12.5. The van der Waals surface area contributed by atoms with Crippen LogP contribution in [0.5, 0.6) is 0 Å². The van der Waals surface area contributed by atoms with E-state index >= 15 is 0 Å². The van der Waals surface area contributed by atoms with E-state index in [9.17, 15) is 14.4 Å². The summed E-state index contributed by atoms with van der Waals surface area (Å²) in [7, 11) is 0. The molecular formula is C20H26N2O3. The summed E-state index contributed by atoms with van der Waals surface area (Å²) in [6, 6.07) is 9.76. The Hall–Kier alpha value is -2.43. The minimum atomic E-state index is -0.431. The molecule has 1 atom stereocenters. The van der Waals surface area contributed by atoms with Gasteiger partial charge in [0.15, 0.2) is 0 Å². The molecule has 1 aliphatic rings. The summed E-state index contributed by atoms with van der Waals surface area (Å²) in [6.07, 6.45) is 2.34. The summed E-state index contributed by atoms with van der Waals surface area (Å²) in [5, 5.41) is 2.85. The molecule has 1 aromatic rings. The van der Waals surface area contributed by atoms with Gasteiger partial charge in [0.25, 0.3) is 5.91 Å². The molecule has 1 N–H and O–H groups in total. The largest absolute Gasteiger partial charge is 0.355 e. The van der Waals surface area contributed by atoms with E-state index in [1.807, 2.05) is 44.2 Å². The molecule has 1 aliphatic heterocycles. The highest BCUT2D eigenvalue weighted by molar-refractivity contribution is 6.13. The zero-order valence-electron chi connectivity index (χ0n) is 15.1. The van der Waals surface area contributed by atoms with Crippen LogP contribution in [0.4, 0.5) is 0 Å². The maximum Gasteiger partial charge on any atom is 0.256 e. The van der Waals surface area contributed by atoms with Crippen LogP contribution in [0.2, 0.25) is 0 Å². The van der Waals surface area contributed by atoms with Gasteiger partial charge in [-0.1, -0.05) is 57.2 Å². The second kappa shape index (κ2) is 8.60. The molecule has 0 saturated carbocycles. The summed E-state index contributed by atoms with van der Waals surface area (Å²) in [5.41, 5.74) is 1.51. The van der Waals surface area contributed by atoms with E-state index in [0.717, 1.165) is 5.56 Å². The van der Waals surface area contributed by atoms with Crippen molar-refractivity contribution in [2.24, 2.45) is 11.8 Å². The number of rotatable bonds is 7. The van der Waals surface area contributed by atoms with E-state index in [-0.39, 0.29) is 24.1 Å². The van der Waals surface area contributed by atoms with Gasteiger partial charge in [-0.05, 0) is 17.9 Å². The molecule has 0 aliphatic carbocycles. The van der Waals surface area contributed by atoms with Gasteiger partial charge in [-0.15, -0.1) is 0 Å². The molecule has 134 valence electrons. The van der Waals surface area contributed by atoms with Gasteiger partial charge in [0.2, 0.25) is 11.8 Å². The Morgan fingerprint density at radius 2 is 1.88 bits per heavy atom. The lowest BCUT2D eigenvalue weighted by atomic mass is 10.1. The first-order chi connectivity index (χ1) is 11.9. The van der Waals surface area contributed by atoms with Crippen LogP contribution in [0.25, 0.3) is 0 Å². The Labute approximate surface area is 149 Å². The third-order valence-corrected chi connectivity index (χ3v) is 4.18. The van der Waals surface area contributed by atoms with Crippen LogP contribution in [-0.4, -0.2) is 35.7 Å². The number of hydrogen-bond donors (Lipinski definition) is 1. The summed E-state index contributed by atoms with van der Waals surface area (Å²) in [6.45, 7) is 6.75. The highest BCUT2D eigenvalue weighted by Gasteiger charge is 2.33. The average molecular weight is 342 g/mol. The maximum atomic E-state index is 12.5. The van der Waals surface area contributed by atoms with Gasteiger partial charge >= 0.3 is 0 Å². The van der Waals surface area contributed by atoms with Gasteiger partial charge in [0.1, 0.15) is 0 Å². The normalized spacial score (nSPS) is 17.4. The van der Waals surface area contributed by atoms with Crippen molar-refractivity contribution < 1.29 is 14.4 Å². The lowest BCUT2D eigenvalue weighted by Crippen LogP contribution is -2.32. The van der Waals surface area contributed by atoms with Gasteiger partial charge < -0.3 is 5.32 Å². The highest BCUT2D eigenvalue weighted by Crippen LogP contribution is 2.21. The fourth-order valence-electron chi connectivity index (χ4n) is 2.71. The van der Waals surface area contributed by atoms with Gasteiger partial charge in [0, 0.05) is 18.7 Å². The number of nitrogens with zero attached hydrogens (tertiary/aromatic N) is 1. The van der Waals surface area contributed by atoms with Crippen molar-refractivity contribution in [3.63, 3.8) is 0 Å². The third-order valence-electron chi connectivity index (χ3n) is 4.18. The number of carbonyl (C=O) groups is 3. The van der Waals surface area contributed by atoms with Gasteiger partial charge in [-0.2, -0.15) is 0 Å². The first-order valence-corrected chi connectivity index (χ1v) is 8.75. The van der Waals surface area contributed by atoms with Crippen molar-refractivity contribution in [3.05, 3.63) is 47.5 Å². The van der Waals surface area contributed by atoms with Crippen LogP contribution in [-0.2, 0) is 20.8 Å². The van der Waals surface area contributed by atoms with Crippen molar-refractivity contribution in [2.75, 3.05) is 13.1 Å². The first-order valence-electron chi connectivity index (χ1n) is 8.75. The SMILES string of the molecule is CC(C)CNC(=O)C(C)/C=C1\CC(=O)N(CCc2ccccc2)C1=O. The lowest BCUT2D eigenvalue weighted by Gasteiger charge is -2.14. The third kappa shape index (κ3) is 5.28. The smallest absolute Gasteiger partial charge is 0.256 e. The van der Waals surface area contributed by atoms with Crippen LogP contribution in [0.15, 0.2) is 42.0 Å². The van der Waals surface area contributed by atoms with Crippen LogP contribution < -0.4 is 5.32 Å². The van der Waals surface area contributed by atoms with Crippen molar-refractivity contribution in [1.29, 1.82) is 0 Å². The van der Waals surface area contributed by atoms with Crippen LogP contribution in [0.1, 0.15) is 32.8 Å². The zero-order valence-corrected chi connectivity index (χ0v) is 15.1. The van der Waals surface area contributed by atoms with Crippen molar-refractivity contribution in [2.45, 2.75) is 33.6 Å². The molecule has 25 heavy (non-hydrogen) atoms. The van der Waals surface area contributed by atoms with Crippen molar-refractivity contribution in [3.8, 4) is 0 Å². The molecular weight excluding hydrogens is 316 g/mol. The highest BCUT2D eigenvalue weighted by atomic mass is 16.2. The Balaban J connectivity index is 1.96. The van der Waals surface area contributed by atoms with Gasteiger partial charge in [0.05, 0.1) is 12.3 Å². The summed E-state index contributed by atoms with van der Waals surface area (Å²) in [4.78, 5) is 38.0. The topological polar surface area (TPSA) is 66.5 Å². The Morgan fingerprint density at radius 3 is 2.52 bits per heavy atom. The predicted molar refractivity (Wildman–Crippen MR) is 96.6 cm³/mol. The molecule has 0 aromatic heterocycles. The molecule has 1 unspecified atom stereocenters. The lowest BCUT2D eigenvalue weighted by molar-refractivity contribution is -0.137. The number of hydrogen-bond acceptors (Lipinski definition) is 3. The van der Waals surface area contributed by atoms with Crippen LogP contribution >= 0.6 is 0 Å².